The summed E-state index contributed by atoms with van der Waals surface area (Å²) < 4.78 is 7.48. The molecule has 0 unspecified atom stereocenters. The maximum atomic E-state index is 12.9. The largest absolute Gasteiger partial charge is 0.378 e. The molecule has 1 N–H and O–H groups in total. The molecule has 1 fully saturated rings. The molecule has 2 aromatic carbocycles. The van der Waals surface area contributed by atoms with Gasteiger partial charge in [-0.2, -0.15) is 0 Å². The Labute approximate surface area is 191 Å². The number of benzene rings is 2. The highest BCUT2D eigenvalue weighted by atomic mass is 32.2. The molecule has 0 radical (unpaired) electrons. The number of fused-ring (bicyclic) bond motifs is 1. The van der Waals surface area contributed by atoms with E-state index in [1.807, 2.05) is 77.3 Å². The number of hydrogen-bond acceptors (Lipinski definition) is 5. The van der Waals surface area contributed by atoms with E-state index in [1.54, 1.807) is 11.8 Å². The summed E-state index contributed by atoms with van der Waals surface area (Å²) in [6, 6.07) is 21.6. The van der Waals surface area contributed by atoms with Gasteiger partial charge in [0.25, 0.3) is 5.91 Å². The Morgan fingerprint density at radius 1 is 1.00 bits per heavy atom. The van der Waals surface area contributed by atoms with E-state index in [1.165, 1.54) is 0 Å². The standard InChI is InChI=1S/C25H24N4O2S/c30-25(27-22-5-1-2-6-23(22)28-13-15-31-16-14-28)19-8-10-21(11-9-19)32-18-20-17-29-12-4-3-7-24(29)26-20/h1-12,17H,13-16,18H2,(H,27,30). The van der Waals surface area contributed by atoms with Crippen molar-refractivity contribution in [1.82, 2.24) is 9.38 Å². The van der Waals surface area contributed by atoms with Crippen LogP contribution < -0.4 is 10.2 Å². The molecule has 1 aliphatic heterocycles. The quantitative estimate of drug-likeness (QED) is 0.436. The topological polar surface area (TPSA) is 58.9 Å². The van der Waals surface area contributed by atoms with Crippen LogP contribution in [0.25, 0.3) is 5.65 Å². The van der Waals surface area contributed by atoms with E-state index >= 15 is 0 Å². The van der Waals surface area contributed by atoms with Gasteiger partial charge in [-0.3, -0.25) is 4.79 Å². The Hall–Kier alpha value is -3.29. The van der Waals surface area contributed by atoms with Gasteiger partial charge in [-0.15, -0.1) is 11.8 Å². The Morgan fingerprint density at radius 2 is 1.78 bits per heavy atom. The van der Waals surface area contributed by atoms with Gasteiger partial charge in [-0.05, 0) is 48.5 Å². The highest BCUT2D eigenvalue weighted by Crippen LogP contribution is 2.27. The fraction of sp³-hybridized carbons (Fsp3) is 0.200. The molecule has 3 heterocycles. The van der Waals surface area contributed by atoms with Gasteiger partial charge in [0.1, 0.15) is 5.65 Å². The summed E-state index contributed by atoms with van der Waals surface area (Å²) in [6.07, 6.45) is 4.05. The summed E-state index contributed by atoms with van der Waals surface area (Å²) in [5.41, 5.74) is 4.47. The fourth-order valence-electron chi connectivity index (χ4n) is 3.77. The van der Waals surface area contributed by atoms with E-state index in [9.17, 15) is 4.79 Å². The monoisotopic (exact) mass is 444 g/mol. The van der Waals surface area contributed by atoms with E-state index in [2.05, 4.69) is 21.4 Å². The number of hydrogen-bond donors (Lipinski definition) is 1. The van der Waals surface area contributed by atoms with Gasteiger partial charge < -0.3 is 19.4 Å². The van der Waals surface area contributed by atoms with E-state index < -0.39 is 0 Å². The molecule has 2 aromatic heterocycles. The highest BCUT2D eigenvalue weighted by Gasteiger charge is 2.16. The Bertz CT molecular complexity index is 1180. The number of rotatable bonds is 6. The summed E-state index contributed by atoms with van der Waals surface area (Å²) >= 11 is 1.71. The molecule has 1 amide bonds. The molecule has 32 heavy (non-hydrogen) atoms. The van der Waals surface area contributed by atoms with Crippen LogP contribution >= 0.6 is 11.8 Å². The minimum absolute atomic E-state index is 0.109. The summed E-state index contributed by atoms with van der Waals surface area (Å²) in [5.74, 6) is 0.669. The molecular weight excluding hydrogens is 420 g/mol. The lowest BCUT2D eigenvalue weighted by molar-refractivity contribution is 0.102. The number of ether oxygens (including phenoxy) is 1. The maximum Gasteiger partial charge on any atom is 0.255 e. The lowest BCUT2D eigenvalue weighted by Gasteiger charge is -2.30. The van der Waals surface area contributed by atoms with Gasteiger partial charge in [-0.25, -0.2) is 4.98 Å². The van der Waals surface area contributed by atoms with Crippen molar-refractivity contribution in [3.63, 3.8) is 0 Å². The lowest BCUT2D eigenvalue weighted by atomic mass is 10.2. The summed E-state index contributed by atoms with van der Waals surface area (Å²) in [5, 5.41) is 3.08. The lowest BCUT2D eigenvalue weighted by Crippen LogP contribution is -2.36. The average molecular weight is 445 g/mol. The Balaban J connectivity index is 1.23. The number of anilines is 2. The molecule has 6 nitrogen and oxygen atoms in total. The van der Waals surface area contributed by atoms with Crippen LogP contribution in [0.2, 0.25) is 0 Å². The Morgan fingerprint density at radius 3 is 2.59 bits per heavy atom. The molecule has 1 saturated heterocycles. The highest BCUT2D eigenvalue weighted by molar-refractivity contribution is 7.98. The number of pyridine rings is 1. The number of nitrogens with zero attached hydrogens (tertiary/aromatic N) is 3. The second-order valence-corrected chi connectivity index (χ2v) is 8.63. The van der Waals surface area contributed by atoms with Crippen LogP contribution in [0.3, 0.4) is 0 Å². The smallest absolute Gasteiger partial charge is 0.255 e. The van der Waals surface area contributed by atoms with Crippen molar-refractivity contribution in [1.29, 1.82) is 0 Å². The van der Waals surface area contributed by atoms with Crippen molar-refractivity contribution in [2.45, 2.75) is 10.6 Å². The normalized spacial score (nSPS) is 13.9. The number of nitrogens with one attached hydrogen (secondary N) is 1. The fourth-order valence-corrected chi connectivity index (χ4v) is 4.55. The molecular formula is C25H24N4O2S. The third-order valence-electron chi connectivity index (χ3n) is 5.42. The summed E-state index contributed by atoms with van der Waals surface area (Å²) in [6.45, 7) is 3.06. The van der Waals surface area contributed by atoms with Crippen molar-refractivity contribution in [3.8, 4) is 0 Å². The molecule has 7 heteroatoms. The van der Waals surface area contributed by atoms with Crippen LogP contribution in [-0.2, 0) is 10.5 Å². The maximum absolute atomic E-state index is 12.9. The van der Waals surface area contributed by atoms with Gasteiger partial charge in [0.05, 0.1) is 30.3 Å². The average Bonchev–Trinajstić information content (AvgIpc) is 3.27. The molecule has 1 aliphatic rings. The number of carbonyl (C=O) groups is 1. The van der Waals surface area contributed by atoms with Crippen molar-refractivity contribution in [3.05, 3.63) is 90.4 Å². The zero-order valence-corrected chi connectivity index (χ0v) is 18.4. The van der Waals surface area contributed by atoms with Crippen molar-refractivity contribution in [2.75, 3.05) is 36.5 Å². The number of aromatic nitrogens is 2. The molecule has 0 atom stereocenters. The van der Waals surface area contributed by atoms with Crippen LogP contribution in [0, 0.1) is 0 Å². The summed E-state index contributed by atoms with van der Waals surface area (Å²) in [4.78, 5) is 20.9. The third kappa shape index (κ3) is 4.64. The number of para-hydroxylation sites is 2. The van der Waals surface area contributed by atoms with Crippen molar-refractivity contribution < 1.29 is 9.53 Å². The zero-order chi connectivity index (χ0) is 21.8. The van der Waals surface area contributed by atoms with Gasteiger partial charge in [0, 0.05) is 41.7 Å². The van der Waals surface area contributed by atoms with Gasteiger partial charge in [0.2, 0.25) is 0 Å². The molecule has 0 saturated carbocycles. The van der Waals surface area contributed by atoms with Crippen LogP contribution in [-0.4, -0.2) is 41.6 Å². The van der Waals surface area contributed by atoms with Crippen LogP contribution in [0.5, 0.6) is 0 Å². The van der Waals surface area contributed by atoms with E-state index in [0.717, 1.165) is 46.5 Å². The predicted molar refractivity (Wildman–Crippen MR) is 129 cm³/mol. The Kier molecular flexibility index (Phi) is 6.09. The van der Waals surface area contributed by atoms with Crippen LogP contribution in [0.15, 0.2) is 84.0 Å². The predicted octanol–water partition coefficient (Wildman–Crippen LogP) is 4.72. The van der Waals surface area contributed by atoms with Crippen molar-refractivity contribution >= 4 is 34.7 Å². The number of imidazole rings is 1. The second-order valence-electron chi connectivity index (χ2n) is 7.58. The molecule has 162 valence electrons. The number of thioether (sulfide) groups is 1. The van der Waals surface area contributed by atoms with Crippen LogP contribution in [0.1, 0.15) is 16.1 Å². The van der Waals surface area contributed by atoms with E-state index in [-0.39, 0.29) is 5.91 Å². The van der Waals surface area contributed by atoms with E-state index in [4.69, 9.17) is 4.74 Å². The van der Waals surface area contributed by atoms with Gasteiger partial charge >= 0.3 is 0 Å². The molecule has 0 aliphatic carbocycles. The van der Waals surface area contributed by atoms with Gasteiger partial charge in [-0.1, -0.05) is 18.2 Å². The first kappa shape index (κ1) is 20.6. The van der Waals surface area contributed by atoms with Crippen molar-refractivity contribution in [2.24, 2.45) is 0 Å². The second kappa shape index (κ2) is 9.46. The molecule has 0 bridgehead atoms. The number of amides is 1. The molecule has 0 spiro atoms. The number of carbonyl (C=O) groups excluding carboxylic acids is 1. The minimum atomic E-state index is -0.109. The van der Waals surface area contributed by atoms with Gasteiger partial charge in [0.15, 0.2) is 0 Å². The first-order chi connectivity index (χ1) is 15.8. The molecule has 5 rings (SSSR count). The summed E-state index contributed by atoms with van der Waals surface area (Å²) in [7, 11) is 0. The first-order valence-electron chi connectivity index (χ1n) is 10.6. The van der Waals surface area contributed by atoms with E-state index in [0.29, 0.717) is 18.8 Å². The third-order valence-corrected chi connectivity index (χ3v) is 6.47. The van der Waals surface area contributed by atoms with Crippen LogP contribution in [0.4, 0.5) is 11.4 Å². The number of morpholine rings is 1. The first-order valence-corrected chi connectivity index (χ1v) is 11.6. The minimum Gasteiger partial charge on any atom is -0.378 e. The zero-order valence-electron chi connectivity index (χ0n) is 17.6. The molecule has 4 aromatic rings. The SMILES string of the molecule is O=C(Nc1ccccc1N1CCOCC1)c1ccc(SCc2cn3ccccc3n2)cc1.